The first kappa shape index (κ1) is 26.7. The summed E-state index contributed by atoms with van der Waals surface area (Å²) in [4.78, 5) is 68.8. The van der Waals surface area contributed by atoms with Gasteiger partial charge in [-0.3, -0.25) is 28.8 Å². The summed E-state index contributed by atoms with van der Waals surface area (Å²) >= 11 is 0. The van der Waals surface area contributed by atoms with Gasteiger partial charge < -0.3 is 42.7 Å². The zero-order valence-corrected chi connectivity index (χ0v) is 16.3. The maximum Gasteiger partial charge on any atom is 0.322 e. The molecule has 0 aromatic carbocycles. The number of carbonyl (C=O) groups excluding carboxylic acids is 4. The van der Waals surface area contributed by atoms with Gasteiger partial charge in [-0.15, -0.1) is 0 Å². The average molecular weight is 433 g/mol. The highest BCUT2D eigenvalue weighted by molar-refractivity contribution is 5.94. The molecule has 0 aliphatic rings. The van der Waals surface area contributed by atoms with Crippen LogP contribution in [0.3, 0.4) is 0 Å². The van der Waals surface area contributed by atoms with Crippen LogP contribution < -0.4 is 27.4 Å². The lowest BCUT2D eigenvalue weighted by Crippen LogP contribution is -2.58. The monoisotopic (exact) mass is 433 g/mol. The molecule has 0 radical (unpaired) electrons. The summed E-state index contributed by atoms with van der Waals surface area (Å²) < 4.78 is 0. The van der Waals surface area contributed by atoms with Crippen molar-refractivity contribution in [2.24, 2.45) is 11.5 Å². The molecule has 14 heteroatoms. The van der Waals surface area contributed by atoms with Crippen LogP contribution in [0.5, 0.6) is 0 Å². The van der Waals surface area contributed by atoms with Gasteiger partial charge in [0.05, 0.1) is 12.1 Å². The summed E-state index contributed by atoms with van der Waals surface area (Å²) in [7, 11) is 0. The quantitative estimate of drug-likeness (QED) is 0.132. The van der Waals surface area contributed by atoms with E-state index in [-0.39, 0.29) is 25.7 Å². The van der Waals surface area contributed by atoms with E-state index in [4.69, 9.17) is 21.7 Å². The molecule has 10 N–H and O–H groups in total. The van der Waals surface area contributed by atoms with Crippen molar-refractivity contribution in [3.05, 3.63) is 0 Å². The minimum Gasteiger partial charge on any atom is -0.481 e. The number of amides is 4. The van der Waals surface area contributed by atoms with Crippen LogP contribution in [-0.4, -0.2) is 81.7 Å². The van der Waals surface area contributed by atoms with Crippen molar-refractivity contribution in [3.63, 3.8) is 0 Å². The molecule has 0 rings (SSSR count). The van der Waals surface area contributed by atoms with Crippen LogP contribution in [0.25, 0.3) is 0 Å². The Morgan fingerprint density at radius 3 is 1.93 bits per heavy atom. The minimum absolute atomic E-state index is 0.209. The summed E-state index contributed by atoms with van der Waals surface area (Å²) in [6.45, 7) is 0.419. The molecule has 0 aliphatic carbocycles. The van der Waals surface area contributed by atoms with Gasteiger partial charge in [-0.1, -0.05) is 0 Å². The maximum absolute atomic E-state index is 12.5. The Labute approximate surface area is 171 Å². The zero-order chi connectivity index (χ0) is 23.4. The number of carboxylic acid groups (broad SMARTS) is 2. The molecule has 0 aromatic heterocycles. The summed E-state index contributed by atoms with van der Waals surface area (Å²) in [5.74, 6) is -6.12. The van der Waals surface area contributed by atoms with E-state index in [0.717, 1.165) is 0 Å². The van der Waals surface area contributed by atoms with E-state index in [9.17, 15) is 33.9 Å². The molecule has 30 heavy (non-hydrogen) atoms. The standard InChI is InChI=1S/C16H27N5O9/c1-7(22)13(16(30)19-6-12(26)27)21-15(29)9(3-4-10(18)23)20-14(28)8(17)2-5-11(24)25/h7-9,13,22H,2-6,17H2,1H3,(H2,18,23)(H,19,30)(H,20,28)(H,21,29)(H,24,25)(H,26,27). The SMILES string of the molecule is CC(O)C(NC(=O)C(CCC(N)=O)NC(=O)C(N)CCC(=O)O)C(=O)NCC(=O)O. The zero-order valence-electron chi connectivity index (χ0n) is 16.3. The van der Waals surface area contributed by atoms with Crippen LogP contribution >= 0.6 is 0 Å². The van der Waals surface area contributed by atoms with E-state index in [1.54, 1.807) is 0 Å². The Kier molecular flexibility index (Phi) is 11.6. The molecule has 14 nitrogen and oxygen atoms in total. The Morgan fingerprint density at radius 2 is 1.47 bits per heavy atom. The second kappa shape index (κ2) is 13.1. The van der Waals surface area contributed by atoms with Crippen molar-refractivity contribution >= 4 is 35.6 Å². The van der Waals surface area contributed by atoms with E-state index >= 15 is 0 Å². The van der Waals surface area contributed by atoms with Crippen LogP contribution in [-0.2, 0) is 28.8 Å². The fourth-order valence-electron chi connectivity index (χ4n) is 2.18. The van der Waals surface area contributed by atoms with Crippen LogP contribution in [0.1, 0.15) is 32.6 Å². The largest absolute Gasteiger partial charge is 0.481 e. The lowest BCUT2D eigenvalue weighted by molar-refractivity contribution is -0.139. The summed E-state index contributed by atoms with van der Waals surface area (Å²) in [6, 6.07) is -4.18. The number of rotatable bonds is 14. The minimum atomic E-state index is -1.55. The first-order valence-electron chi connectivity index (χ1n) is 8.89. The third-order valence-electron chi connectivity index (χ3n) is 3.79. The van der Waals surface area contributed by atoms with Crippen molar-refractivity contribution in [1.82, 2.24) is 16.0 Å². The predicted molar refractivity (Wildman–Crippen MR) is 99.5 cm³/mol. The summed E-state index contributed by atoms with van der Waals surface area (Å²) in [5, 5.41) is 33.4. The number of carbonyl (C=O) groups is 6. The number of aliphatic hydroxyl groups is 1. The van der Waals surface area contributed by atoms with Gasteiger partial charge in [0.15, 0.2) is 0 Å². The van der Waals surface area contributed by atoms with Crippen molar-refractivity contribution in [3.8, 4) is 0 Å². The third kappa shape index (κ3) is 10.9. The molecule has 0 aliphatic heterocycles. The van der Waals surface area contributed by atoms with Gasteiger partial charge in [0.2, 0.25) is 23.6 Å². The molecular formula is C16H27N5O9. The van der Waals surface area contributed by atoms with Crippen molar-refractivity contribution in [2.45, 2.75) is 56.8 Å². The van der Waals surface area contributed by atoms with Gasteiger partial charge in [0.25, 0.3) is 0 Å². The molecule has 170 valence electrons. The van der Waals surface area contributed by atoms with E-state index in [1.807, 2.05) is 5.32 Å². The normalized spacial score (nSPS) is 14.5. The molecule has 0 saturated heterocycles. The third-order valence-corrected chi connectivity index (χ3v) is 3.79. The molecule has 4 unspecified atom stereocenters. The summed E-state index contributed by atoms with van der Waals surface area (Å²) in [5.41, 5.74) is 10.6. The fraction of sp³-hybridized carbons (Fsp3) is 0.625. The van der Waals surface area contributed by atoms with Crippen molar-refractivity contribution in [2.75, 3.05) is 6.54 Å². The van der Waals surface area contributed by atoms with Crippen LogP contribution in [0.2, 0.25) is 0 Å². The highest BCUT2D eigenvalue weighted by Gasteiger charge is 2.31. The maximum atomic E-state index is 12.5. The van der Waals surface area contributed by atoms with E-state index < -0.39 is 66.3 Å². The van der Waals surface area contributed by atoms with Gasteiger partial charge in [0, 0.05) is 12.8 Å². The Hall–Kier alpha value is -3.26. The Balaban J connectivity index is 5.23. The fourth-order valence-corrected chi connectivity index (χ4v) is 2.18. The number of hydrogen-bond donors (Lipinski definition) is 8. The van der Waals surface area contributed by atoms with E-state index in [1.165, 1.54) is 6.92 Å². The predicted octanol–water partition coefficient (Wildman–Crippen LogP) is -4.00. The molecule has 0 spiro atoms. The highest BCUT2D eigenvalue weighted by Crippen LogP contribution is 2.03. The molecule has 4 amide bonds. The number of nitrogens with one attached hydrogen (secondary N) is 3. The number of carboxylic acids is 2. The first-order chi connectivity index (χ1) is 13.8. The van der Waals surface area contributed by atoms with Gasteiger partial charge in [-0.05, 0) is 19.8 Å². The van der Waals surface area contributed by atoms with Gasteiger partial charge >= 0.3 is 11.9 Å². The number of aliphatic hydroxyl groups excluding tert-OH is 1. The number of aliphatic carboxylic acids is 2. The van der Waals surface area contributed by atoms with Crippen LogP contribution in [0.4, 0.5) is 0 Å². The van der Waals surface area contributed by atoms with E-state index in [2.05, 4.69) is 10.6 Å². The topological polar surface area (TPSA) is 251 Å². The molecule has 0 heterocycles. The molecule has 0 bridgehead atoms. The number of nitrogens with two attached hydrogens (primary N) is 2. The highest BCUT2D eigenvalue weighted by atomic mass is 16.4. The molecule has 0 fully saturated rings. The smallest absolute Gasteiger partial charge is 0.322 e. The van der Waals surface area contributed by atoms with Crippen LogP contribution in [0, 0.1) is 0 Å². The number of hydrogen-bond acceptors (Lipinski definition) is 8. The molecular weight excluding hydrogens is 406 g/mol. The van der Waals surface area contributed by atoms with E-state index in [0.29, 0.717) is 0 Å². The first-order valence-corrected chi connectivity index (χ1v) is 8.89. The molecule has 4 atom stereocenters. The van der Waals surface area contributed by atoms with Crippen molar-refractivity contribution < 1.29 is 44.1 Å². The van der Waals surface area contributed by atoms with Crippen LogP contribution in [0.15, 0.2) is 0 Å². The van der Waals surface area contributed by atoms with Gasteiger partial charge in [-0.2, -0.15) is 0 Å². The van der Waals surface area contributed by atoms with Crippen molar-refractivity contribution in [1.29, 1.82) is 0 Å². The Bertz CT molecular complexity index is 667. The second-order valence-corrected chi connectivity index (χ2v) is 6.44. The summed E-state index contributed by atoms with van der Waals surface area (Å²) in [6.07, 6.45) is -2.59. The Morgan fingerprint density at radius 1 is 0.867 bits per heavy atom. The average Bonchev–Trinajstić information content (AvgIpc) is 2.64. The lowest BCUT2D eigenvalue weighted by atomic mass is 10.1. The number of primary amides is 1. The molecule has 0 aromatic rings. The van der Waals surface area contributed by atoms with Gasteiger partial charge in [0.1, 0.15) is 18.6 Å². The lowest BCUT2D eigenvalue weighted by Gasteiger charge is -2.25. The molecule has 0 saturated carbocycles. The second-order valence-electron chi connectivity index (χ2n) is 6.44. The van der Waals surface area contributed by atoms with Gasteiger partial charge in [-0.25, -0.2) is 0 Å².